The molecule has 1 nitrogen and oxygen atoms in total. The molecule has 0 heterocycles. The van der Waals surface area contributed by atoms with Gasteiger partial charge in [0.05, 0.1) is 5.92 Å². The Hall–Kier alpha value is -0.550. The number of nitrogens with zero attached hydrogens (tertiary/aromatic N) is 1. The van der Waals surface area contributed by atoms with Gasteiger partial charge in [-0.3, -0.25) is 0 Å². The fourth-order valence-corrected chi connectivity index (χ4v) is 2.65. The minimum atomic E-state index is 0.575. The Morgan fingerprint density at radius 2 is 1.67 bits per heavy atom. The van der Waals surface area contributed by atoms with Gasteiger partial charge in [0.1, 0.15) is 0 Å². The van der Waals surface area contributed by atoms with Gasteiger partial charge in [0.15, 0.2) is 0 Å². The Morgan fingerprint density at radius 3 is 2.11 bits per heavy atom. The highest BCUT2D eigenvalue weighted by molar-refractivity contribution is 5.86. The van der Waals surface area contributed by atoms with Crippen molar-refractivity contribution in [3.05, 3.63) is 0 Å². The Bertz CT molecular complexity index is 263. The highest BCUT2D eigenvalue weighted by Crippen LogP contribution is 2.25. The van der Waals surface area contributed by atoms with Crippen LogP contribution < -0.4 is 4.67 Å². The second-order valence-corrected chi connectivity index (χ2v) is 6.12. The van der Waals surface area contributed by atoms with Crippen LogP contribution in [0.2, 0.25) is 0 Å². The smallest absolute Gasteiger partial charge is 0.110 e. The maximum absolute atomic E-state index is 4.32. The van der Waals surface area contributed by atoms with Crippen LogP contribution in [0.25, 0.3) is 0 Å². The fourth-order valence-electron chi connectivity index (χ4n) is 2.65. The molecule has 0 saturated carbocycles. The van der Waals surface area contributed by atoms with Crippen molar-refractivity contribution < 1.29 is 0 Å². The first-order chi connectivity index (χ1) is 8.47. The average molecular weight is 252 g/mol. The molecule has 0 spiro atoms. The van der Waals surface area contributed by atoms with Crippen molar-refractivity contribution >= 4 is 12.4 Å². The van der Waals surface area contributed by atoms with E-state index in [2.05, 4.69) is 52.9 Å². The lowest BCUT2D eigenvalue weighted by Gasteiger charge is -2.22. The Kier molecular flexibility index (Phi) is 9.10. The van der Waals surface area contributed by atoms with E-state index >= 15 is 0 Å². The van der Waals surface area contributed by atoms with E-state index in [1.54, 1.807) is 0 Å². The largest absolute Gasteiger partial charge is 0.282 e. The molecule has 0 fully saturated rings. The van der Waals surface area contributed by atoms with Crippen LogP contribution in [0.3, 0.4) is 0 Å². The Morgan fingerprint density at radius 1 is 1.06 bits per heavy atom. The zero-order valence-electron chi connectivity index (χ0n) is 13.5. The monoisotopic (exact) mass is 252 g/mol. The topological polar surface area (TPSA) is 14.1 Å². The molecule has 0 aromatic heterocycles. The first-order valence-corrected chi connectivity index (χ1v) is 7.80. The molecule has 0 rings (SSSR count). The summed E-state index contributed by atoms with van der Waals surface area (Å²) in [6.07, 6.45) is 6.27. The standard InChI is InChI=1S/C17H34N/c1-8-10-13(3)11-12-17(18-7)16(6)15(5)14(4)9-2/h13-16H,7-12H2,1-6H3/q+1/t13?,14?,15-,16+/m0/s1. The van der Waals surface area contributed by atoms with Gasteiger partial charge < -0.3 is 0 Å². The van der Waals surface area contributed by atoms with Gasteiger partial charge in [0.25, 0.3) is 12.4 Å². The van der Waals surface area contributed by atoms with E-state index in [1.807, 2.05) is 0 Å². The highest BCUT2D eigenvalue weighted by Gasteiger charge is 2.28. The number of rotatable bonds is 9. The van der Waals surface area contributed by atoms with Gasteiger partial charge in [-0.15, -0.1) is 4.67 Å². The van der Waals surface area contributed by atoms with Gasteiger partial charge in [-0.1, -0.05) is 60.8 Å². The van der Waals surface area contributed by atoms with Crippen molar-refractivity contribution in [2.75, 3.05) is 0 Å². The van der Waals surface area contributed by atoms with Gasteiger partial charge in [-0.05, 0) is 24.2 Å². The minimum absolute atomic E-state index is 0.575. The van der Waals surface area contributed by atoms with E-state index in [4.69, 9.17) is 0 Å². The minimum Gasteiger partial charge on any atom is -0.110 e. The van der Waals surface area contributed by atoms with Gasteiger partial charge in [0.2, 0.25) is 0 Å². The van der Waals surface area contributed by atoms with Crippen molar-refractivity contribution in [3.63, 3.8) is 0 Å². The van der Waals surface area contributed by atoms with E-state index < -0.39 is 0 Å². The molecule has 4 atom stereocenters. The maximum Gasteiger partial charge on any atom is 0.282 e. The van der Waals surface area contributed by atoms with Crippen molar-refractivity contribution in [2.45, 2.75) is 73.6 Å². The summed E-state index contributed by atoms with van der Waals surface area (Å²) in [6, 6.07) is 0. The van der Waals surface area contributed by atoms with E-state index in [9.17, 15) is 0 Å². The summed E-state index contributed by atoms with van der Waals surface area (Å²) >= 11 is 0. The quantitative estimate of drug-likeness (QED) is 0.416. The van der Waals surface area contributed by atoms with Gasteiger partial charge in [-0.25, -0.2) is 0 Å². The second kappa shape index (κ2) is 9.39. The van der Waals surface area contributed by atoms with E-state index in [0.29, 0.717) is 11.8 Å². The van der Waals surface area contributed by atoms with Crippen LogP contribution in [0, 0.1) is 23.7 Å². The summed E-state index contributed by atoms with van der Waals surface area (Å²) in [5.41, 5.74) is 1.32. The Labute approximate surface area is 115 Å². The SMILES string of the molecule is C=[N+]=C(CCC(C)CCC)[C@H](C)[C@@H](C)C(C)CC. The van der Waals surface area contributed by atoms with Crippen molar-refractivity contribution in [2.24, 2.45) is 23.7 Å². The van der Waals surface area contributed by atoms with Crippen molar-refractivity contribution in [1.82, 2.24) is 4.67 Å². The summed E-state index contributed by atoms with van der Waals surface area (Å²) in [6.45, 7) is 17.7. The van der Waals surface area contributed by atoms with Crippen molar-refractivity contribution in [1.29, 1.82) is 0 Å². The van der Waals surface area contributed by atoms with Gasteiger partial charge in [-0.2, -0.15) is 0 Å². The molecular formula is C17H34N+. The predicted molar refractivity (Wildman–Crippen MR) is 85.4 cm³/mol. The molecule has 0 aliphatic heterocycles. The van der Waals surface area contributed by atoms with Crippen LogP contribution >= 0.6 is 0 Å². The summed E-state index contributed by atoms with van der Waals surface area (Å²) in [4.78, 5) is 0. The molecule has 1 heteroatoms. The zero-order chi connectivity index (χ0) is 14.1. The Balaban J connectivity index is 4.37. The molecule has 0 radical (unpaired) electrons. The first-order valence-electron chi connectivity index (χ1n) is 7.80. The average Bonchev–Trinajstić information content (AvgIpc) is 2.37. The van der Waals surface area contributed by atoms with Crippen molar-refractivity contribution in [3.8, 4) is 0 Å². The molecule has 0 aromatic carbocycles. The van der Waals surface area contributed by atoms with E-state index in [-0.39, 0.29) is 0 Å². The van der Waals surface area contributed by atoms with Crippen LogP contribution in [0.1, 0.15) is 73.6 Å². The third kappa shape index (κ3) is 5.87. The lowest BCUT2D eigenvalue weighted by atomic mass is 9.79. The summed E-state index contributed by atoms with van der Waals surface area (Å²) in [7, 11) is 0. The van der Waals surface area contributed by atoms with Crippen LogP contribution in [-0.2, 0) is 0 Å². The number of hydrogen-bond donors (Lipinski definition) is 0. The predicted octanol–water partition coefficient (Wildman–Crippen LogP) is 4.73. The third-order valence-corrected chi connectivity index (χ3v) is 4.73. The summed E-state index contributed by atoms with van der Waals surface area (Å²) in [5, 5.41) is 0. The third-order valence-electron chi connectivity index (χ3n) is 4.73. The molecule has 106 valence electrons. The van der Waals surface area contributed by atoms with E-state index in [0.717, 1.165) is 18.3 Å². The highest BCUT2D eigenvalue weighted by atomic mass is 14.6. The van der Waals surface area contributed by atoms with Crippen LogP contribution in [0.4, 0.5) is 0 Å². The van der Waals surface area contributed by atoms with Gasteiger partial charge >= 0.3 is 0 Å². The zero-order valence-corrected chi connectivity index (χ0v) is 13.5. The molecule has 0 aliphatic carbocycles. The van der Waals surface area contributed by atoms with Crippen LogP contribution in [-0.4, -0.2) is 12.4 Å². The first kappa shape index (κ1) is 17.4. The maximum atomic E-state index is 4.32. The van der Waals surface area contributed by atoms with Crippen LogP contribution in [0.5, 0.6) is 0 Å². The molecule has 0 aliphatic rings. The molecule has 0 N–H and O–H groups in total. The normalized spacial score (nSPS) is 17.7. The van der Waals surface area contributed by atoms with Crippen LogP contribution in [0.15, 0.2) is 0 Å². The molecule has 0 aromatic rings. The second-order valence-electron chi connectivity index (χ2n) is 6.12. The molecular weight excluding hydrogens is 218 g/mol. The molecule has 18 heavy (non-hydrogen) atoms. The molecule has 0 amide bonds. The molecule has 0 saturated heterocycles. The summed E-state index contributed by atoms with van der Waals surface area (Å²) in [5.74, 6) is 2.87. The fraction of sp³-hybridized carbons (Fsp3) is 0.882. The number of hydrogen-bond acceptors (Lipinski definition) is 0. The molecule has 2 unspecified atom stereocenters. The lowest BCUT2D eigenvalue weighted by Crippen LogP contribution is -2.25. The molecule has 0 bridgehead atoms. The lowest BCUT2D eigenvalue weighted by molar-refractivity contribution is 0.321. The van der Waals surface area contributed by atoms with Gasteiger partial charge in [0, 0.05) is 6.42 Å². The van der Waals surface area contributed by atoms with E-state index in [1.165, 1.54) is 31.4 Å². The summed E-state index contributed by atoms with van der Waals surface area (Å²) < 4.78 is 4.32.